The number of hydrogen-bond donors (Lipinski definition) is 3. The quantitative estimate of drug-likeness (QED) is 0.416. The van der Waals surface area contributed by atoms with E-state index < -0.39 is 66.0 Å². The van der Waals surface area contributed by atoms with Crippen LogP contribution in [0.4, 0.5) is 37.8 Å². The molecule has 9 nitrogen and oxygen atoms in total. The number of halogens is 6. The Morgan fingerprint density at radius 2 is 1.87 bits per heavy atom. The van der Waals surface area contributed by atoms with Crippen molar-refractivity contribution in [1.82, 2.24) is 24.8 Å². The molecule has 2 aliphatic rings. The Labute approximate surface area is 217 Å². The molecule has 1 aliphatic heterocycles. The number of nitrogen functional groups attached to an aromatic ring is 1. The van der Waals surface area contributed by atoms with Gasteiger partial charge >= 0.3 is 6.18 Å². The number of carbonyl (C=O) groups is 2. The zero-order valence-electron chi connectivity index (χ0n) is 20.4. The van der Waals surface area contributed by atoms with E-state index in [0.717, 1.165) is 21.8 Å². The molecule has 1 saturated carbocycles. The molecule has 39 heavy (non-hydrogen) atoms. The molecule has 5 rings (SSSR count). The van der Waals surface area contributed by atoms with Gasteiger partial charge in [-0.25, -0.2) is 22.7 Å². The fourth-order valence-corrected chi connectivity index (χ4v) is 5.02. The van der Waals surface area contributed by atoms with E-state index in [0.29, 0.717) is 5.69 Å². The van der Waals surface area contributed by atoms with E-state index in [9.17, 15) is 35.9 Å². The molecule has 208 valence electrons. The molecule has 1 saturated heterocycles. The van der Waals surface area contributed by atoms with Crippen molar-refractivity contribution in [3.05, 3.63) is 41.7 Å². The second kappa shape index (κ2) is 9.31. The van der Waals surface area contributed by atoms with Gasteiger partial charge in [-0.3, -0.25) is 9.59 Å². The lowest BCUT2D eigenvalue weighted by Crippen LogP contribution is -2.47. The van der Waals surface area contributed by atoms with E-state index in [1.54, 1.807) is 0 Å². The lowest BCUT2D eigenvalue weighted by molar-refractivity contribution is -0.159. The van der Waals surface area contributed by atoms with Gasteiger partial charge < -0.3 is 21.3 Å². The molecule has 0 unspecified atom stereocenters. The fraction of sp³-hybridized carbons (Fsp3) is 0.417. The van der Waals surface area contributed by atoms with Crippen LogP contribution in [0, 0.1) is 5.92 Å². The molecule has 2 atom stereocenters. The monoisotopic (exact) mass is 555 g/mol. The fourth-order valence-electron chi connectivity index (χ4n) is 5.02. The summed E-state index contributed by atoms with van der Waals surface area (Å²) in [7, 11) is 1.52. The van der Waals surface area contributed by atoms with Gasteiger partial charge in [0.05, 0.1) is 29.4 Å². The van der Waals surface area contributed by atoms with Crippen LogP contribution in [-0.4, -0.2) is 69.6 Å². The first kappa shape index (κ1) is 26.6. The van der Waals surface area contributed by atoms with Crippen LogP contribution < -0.4 is 16.4 Å². The molecule has 0 radical (unpaired) electrons. The maximum atomic E-state index is 14.8. The van der Waals surface area contributed by atoms with Crippen molar-refractivity contribution in [3.63, 3.8) is 0 Å². The van der Waals surface area contributed by atoms with Gasteiger partial charge in [0.25, 0.3) is 5.91 Å². The standard InChI is InChI=1S/C24H23F6N7O2/c1-32-16-3-2-11(18-5-14(24(28,29)30)19-20(31)33-10-34-37(18)19)4-13(16)21(38)35-17-9-36(8-15(17)25)22(39)12-6-23(26,27)7-12/h2-5,10,12,15,17,32H,6-9H2,1H3,(H,35,38)(H2,31,33,34)/t15-,17+/m0/s1. The first-order valence-corrected chi connectivity index (χ1v) is 11.9. The van der Waals surface area contributed by atoms with Crippen molar-refractivity contribution >= 4 is 28.8 Å². The summed E-state index contributed by atoms with van der Waals surface area (Å²) in [6.07, 6.45) is -6.57. The smallest absolute Gasteiger partial charge is 0.387 e. The summed E-state index contributed by atoms with van der Waals surface area (Å²) in [4.78, 5) is 30.4. The third-order valence-electron chi connectivity index (χ3n) is 7.03. The highest BCUT2D eigenvalue weighted by atomic mass is 19.4. The summed E-state index contributed by atoms with van der Waals surface area (Å²) in [5.74, 6) is -5.50. The Morgan fingerprint density at radius 1 is 1.15 bits per heavy atom. The highest BCUT2D eigenvalue weighted by Gasteiger charge is 2.51. The molecule has 2 aromatic heterocycles. The Morgan fingerprint density at radius 3 is 2.51 bits per heavy atom. The molecule has 2 fully saturated rings. The van der Waals surface area contributed by atoms with Gasteiger partial charge in [0.1, 0.15) is 18.0 Å². The number of aromatic nitrogens is 3. The molecular formula is C24H23F6N7O2. The minimum absolute atomic E-state index is 0.00357. The Balaban J connectivity index is 1.41. The van der Waals surface area contributed by atoms with Crippen LogP contribution in [0.1, 0.15) is 28.8 Å². The number of alkyl halides is 6. The van der Waals surface area contributed by atoms with Gasteiger partial charge in [0.2, 0.25) is 11.8 Å². The average Bonchev–Trinajstić information content (AvgIpc) is 3.43. The van der Waals surface area contributed by atoms with Crippen molar-refractivity contribution < 1.29 is 35.9 Å². The van der Waals surface area contributed by atoms with Gasteiger partial charge in [0.15, 0.2) is 5.82 Å². The SMILES string of the molecule is CNc1ccc(-c2cc(C(F)(F)F)c3c(N)ncnn23)cc1C(=O)N[C@@H]1CN(C(=O)C2CC(F)(F)C2)C[C@@H]1F. The minimum Gasteiger partial charge on any atom is -0.387 e. The number of hydrogen-bond acceptors (Lipinski definition) is 6. The summed E-state index contributed by atoms with van der Waals surface area (Å²) in [5, 5.41) is 9.23. The zero-order chi connectivity index (χ0) is 28.3. The normalized spacial score (nSPS) is 21.2. The molecular weight excluding hydrogens is 532 g/mol. The summed E-state index contributed by atoms with van der Waals surface area (Å²) < 4.78 is 83.2. The zero-order valence-corrected chi connectivity index (χ0v) is 20.4. The van der Waals surface area contributed by atoms with E-state index in [1.165, 1.54) is 25.2 Å². The van der Waals surface area contributed by atoms with Crippen LogP contribution in [0.5, 0.6) is 0 Å². The first-order valence-electron chi connectivity index (χ1n) is 11.9. The minimum atomic E-state index is -4.76. The van der Waals surface area contributed by atoms with E-state index in [-0.39, 0.29) is 35.7 Å². The highest BCUT2D eigenvalue weighted by Crippen LogP contribution is 2.43. The number of anilines is 2. The second-order valence-electron chi connectivity index (χ2n) is 9.66. The van der Waals surface area contributed by atoms with E-state index in [1.807, 2.05) is 0 Å². The van der Waals surface area contributed by atoms with Crippen molar-refractivity contribution in [1.29, 1.82) is 0 Å². The third-order valence-corrected chi connectivity index (χ3v) is 7.03. The Kier molecular flexibility index (Phi) is 6.34. The molecule has 3 heterocycles. The summed E-state index contributed by atoms with van der Waals surface area (Å²) >= 11 is 0. The predicted molar refractivity (Wildman–Crippen MR) is 128 cm³/mol. The largest absolute Gasteiger partial charge is 0.418 e. The van der Waals surface area contributed by atoms with Gasteiger partial charge in [0, 0.05) is 43.6 Å². The number of nitrogens with zero attached hydrogens (tertiary/aromatic N) is 4. The number of rotatable bonds is 5. The van der Waals surface area contributed by atoms with Crippen molar-refractivity contribution in [2.45, 2.75) is 37.2 Å². The number of likely N-dealkylation sites (tertiary alicyclic amines) is 1. The summed E-state index contributed by atoms with van der Waals surface area (Å²) in [6, 6.07) is 4.01. The van der Waals surface area contributed by atoms with Crippen molar-refractivity contribution in [2.24, 2.45) is 5.92 Å². The number of benzene rings is 1. The van der Waals surface area contributed by atoms with Crippen LogP contribution in [0.2, 0.25) is 0 Å². The molecule has 4 N–H and O–H groups in total. The lowest BCUT2D eigenvalue weighted by Gasteiger charge is -2.36. The Hall–Kier alpha value is -4.04. The van der Waals surface area contributed by atoms with Crippen LogP contribution in [0.25, 0.3) is 16.8 Å². The first-order chi connectivity index (χ1) is 18.3. The molecule has 15 heteroatoms. The van der Waals surface area contributed by atoms with E-state index in [2.05, 4.69) is 20.7 Å². The number of fused-ring (bicyclic) bond motifs is 1. The number of amides is 2. The molecule has 0 spiro atoms. The summed E-state index contributed by atoms with van der Waals surface area (Å²) in [5.41, 5.74) is 4.68. The van der Waals surface area contributed by atoms with Gasteiger partial charge in [-0.15, -0.1) is 0 Å². The average molecular weight is 555 g/mol. The third kappa shape index (κ3) is 4.81. The maximum Gasteiger partial charge on any atom is 0.418 e. The number of carbonyl (C=O) groups excluding carboxylic acids is 2. The van der Waals surface area contributed by atoms with Crippen LogP contribution in [0.3, 0.4) is 0 Å². The predicted octanol–water partition coefficient (Wildman–Crippen LogP) is 3.36. The molecule has 0 bridgehead atoms. The number of nitrogens with two attached hydrogens (primary N) is 1. The van der Waals surface area contributed by atoms with Crippen molar-refractivity contribution in [3.8, 4) is 11.3 Å². The molecule has 2 amide bonds. The maximum absolute atomic E-state index is 14.8. The van der Waals surface area contributed by atoms with Gasteiger partial charge in [-0.05, 0) is 18.2 Å². The summed E-state index contributed by atoms with van der Waals surface area (Å²) in [6.45, 7) is -0.543. The number of nitrogens with one attached hydrogen (secondary N) is 2. The molecule has 3 aromatic rings. The van der Waals surface area contributed by atoms with E-state index in [4.69, 9.17) is 5.73 Å². The van der Waals surface area contributed by atoms with Crippen LogP contribution in [0.15, 0.2) is 30.6 Å². The molecule has 1 aromatic carbocycles. The van der Waals surface area contributed by atoms with Gasteiger partial charge in [-0.2, -0.15) is 18.3 Å². The molecule has 1 aliphatic carbocycles. The van der Waals surface area contributed by atoms with Gasteiger partial charge in [-0.1, -0.05) is 6.07 Å². The van der Waals surface area contributed by atoms with Crippen LogP contribution >= 0.6 is 0 Å². The second-order valence-corrected chi connectivity index (χ2v) is 9.66. The Bertz CT molecular complexity index is 1450. The van der Waals surface area contributed by atoms with E-state index >= 15 is 0 Å². The lowest BCUT2D eigenvalue weighted by atomic mass is 9.80. The van der Waals surface area contributed by atoms with Crippen molar-refractivity contribution in [2.75, 3.05) is 31.2 Å². The topological polar surface area (TPSA) is 118 Å². The highest BCUT2D eigenvalue weighted by molar-refractivity contribution is 6.01. The van der Waals surface area contributed by atoms with Crippen LogP contribution in [-0.2, 0) is 11.0 Å².